The van der Waals surface area contributed by atoms with Gasteiger partial charge in [0.05, 0.1) is 0 Å². The molecule has 0 saturated carbocycles. The van der Waals surface area contributed by atoms with Gasteiger partial charge in [-0.2, -0.15) is 0 Å². The van der Waals surface area contributed by atoms with E-state index in [9.17, 15) is 0 Å². The first kappa shape index (κ1) is 10.3. The van der Waals surface area contributed by atoms with Gasteiger partial charge in [-0.25, -0.2) is 0 Å². The Morgan fingerprint density at radius 2 is 1.85 bits per heavy atom. The third kappa shape index (κ3) is 2.85. The molecular weight excluding hydrogens is 158 g/mol. The van der Waals surface area contributed by atoms with Crippen LogP contribution in [0.15, 0.2) is 24.3 Å². The Morgan fingerprint density at radius 3 is 2.38 bits per heavy atom. The lowest BCUT2D eigenvalue weighted by Gasteiger charge is -2.24. The average molecular weight is 177 g/mol. The van der Waals surface area contributed by atoms with Gasteiger partial charge in [0.15, 0.2) is 0 Å². The van der Waals surface area contributed by atoms with Crippen LogP contribution in [0, 0.1) is 6.92 Å². The van der Waals surface area contributed by atoms with Crippen LogP contribution < -0.4 is 5.32 Å². The Bertz CT molecular complexity index is 276. The molecule has 1 aromatic carbocycles. The second kappa shape index (κ2) is 3.93. The van der Waals surface area contributed by atoms with E-state index in [2.05, 4.69) is 50.4 Å². The largest absolute Gasteiger partial charge is 0.314 e. The molecule has 13 heavy (non-hydrogen) atoms. The van der Waals surface area contributed by atoms with Crippen LogP contribution in [0.5, 0.6) is 0 Å². The highest BCUT2D eigenvalue weighted by Crippen LogP contribution is 2.15. The van der Waals surface area contributed by atoms with Crippen molar-refractivity contribution in [3.8, 4) is 0 Å². The molecule has 0 radical (unpaired) electrons. The van der Waals surface area contributed by atoms with Crippen molar-refractivity contribution in [2.24, 2.45) is 0 Å². The molecule has 1 rings (SSSR count). The first-order valence-electron chi connectivity index (χ1n) is 4.78. The minimum absolute atomic E-state index is 0.187. The highest BCUT2D eigenvalue weighted by atomic mass is 14.9. The molecule has 72 valence electrons. The van der Waals surface area contributed by atoms with Gasteiger partial charge in [-0.15, -0.1) is 0 Å². The molecule has 0 spiro atoms. The van der Waals surface area contributed by atoms with Crippen LogP contribution in [0.25, 0.3) is 0 Å². The molecule has 1 N–H and O–H groups in total. The van der Waals surface area contributed by atoms with Gasteiger partial charge in [0.1, 0.15) is 0 Å². The predicted octanol–water partition coefficient (Wildman–Crippen LogP) is 2.54. The molecule has 0 fully saturated rings. The number of rotatable bonds is 3. The fraction of sp³-hybridized carbons (Fsp3) is 0.500. The minimum atomic E-state index is 0.187. The summed E-state index contributed by atoms with van der Waals surface area (Å²) < 4.78 is 0. The molecule has 0 aliphatic heterocycles. The van der Waals surface area contributed by atoms with Crippen LogP contribution >= 0.6 is 0 Å². The van der Waals surface area contributed by atoms with Crippen LogP contribution in [0.2, 0.25) is 0 Å². The van der Waals surface area contributed by atoms with E-state index in [1.165, 1.54) is 11.1 Å². The molecule has 0 heterocycles. The maximum absolute atomic E-state index is 3.32. The SMILES string of the molecule is CNC(C)(C)Cc1ccccc1C. The maximum Gasteiger partial charge on any atom is 0.0162 e. The highest BCUT2D eigenvalue weighted by molar-refractivity contribution is 5.27. The summed E-state index contributed by atoms with van der Waals surface area (Å²) in [5.74, 6) is 0. The summed E-state index contributed by atoms with van der Waals surface area (Å²) in [5, 5.41) is 3.32. The summed E-state index contributed by atoms with van der Waals surface area (Å²) >= 11 is 0. The summed E-state index contributed by atoms with van der Waals surface area (Å²) in [6, 6.07) is 8.56. The standard InChI is InChI=1S/C12H19N/c1-10-7-5-6-8-11(10)9-12(2,3)13-4/h5-8,13H,9H2,1-4H3. The smallest absolute Gasteiger partial charge is 0.0162 e. The predicted molar refractivity (Wildman–Crippen MR) is 58.0 cm³/mol. The molecule has 0 saturated heterocycles. The molecule has 1 aromatic rings. The Labute approximate surface area is 81.2 Å². The summed E-state index contributed by atoms with van der Waals surface area (Å²) in [6.45, 7) is 6.61. The zero-order chi connectivity index (χ0) is 9.90. The molecular formula is C12H19N. The van der Waals surface area contributed by atoms with E-state index >= 15 is 0 Å². The molecule has 1 heteroatoms. The number of hydrogen-bond acceptors (Lipinski definition) is 1. The first-order valence-corrected chi connectivity index (χ1v) is 4.78. The first-order chi connectivity index (χ1) is 6.05. The molecule has 0 bridgehead atoms. The lowest BCUT2D eigenvalue weighted by Crippen LogP contribution is -2.38. The van der Waals surface area contributed by atoms with Crippen molar-refractivity contribution in [3.63, 3.8) is 0 Å². The van der Waals surface area contributed by atoms with Crippen LogP contribution in [-0.2, 0) is 6.42 Å². The third-order valence-electron chi connectivity index (χ3n) is 2.57. The average Bonchev–Trinajstić information content (AvgIpc) is 2.09. The van der Waals surface area contributed by atoms with Gasteiger partial charge in [-0.05, 0) is 45.4 Å². The van der Waals surface area contributed by atoms with Gasteiger partial charge in [0, 0.05) is 5.54 Å². The van der Waals surface area contributed by atoms with Crippen molar-refractivity contribution in [1.29, 1.82) is 0 Å². The van der Waals surface area contributed by atoms with Gasteiger partial charge in [-0.1, -0.05) is 24.3 Å². The fourth-order valence-corrected chi connectivity index (χ4v) is 1.37. The molecule has 0 aliphatic rings. The Hall–Kier alpha value is -0.820. The third-order valence-corrected chi connectivity index (χ3v) is 2.57. The van der Waals surface area contributed by atoms with Crippen molar-refractivity contribution >= 4 is 0 Å². The lowest BCUT2D eigenvalue weighted by molar-refractivity contribution is 0.421. The number of benzene rings is 1. The zero-order valence-electron chi connectivity index (χ0n) is 9.02. The molecule has 0 amide bonds. The van der Waals surface area contributed by atoms with E-state index in [1.54, 1.807) is 0 Å². The van der Waals surface area contributed by atoms with Crippen molar-refractivity contribution in [1.82, 2.24) is 5.32 Å². The molecule has 0 unspecified atom stereocenters. The van der Waals surface area contributed by atoms with Gasteiger partial charge in [0.2, 0.25) is 0 Å². The van der Waals surface area contributed by atoms with E-state index in [-0.39, 0.29) is 5.54 Å². The molecule has 0 aromatic heterocycles. The van der Waals surface area contributed by atoms with Crippen LogP contribution in [0.1, 0.15) is 25.0 Å². The number of hydrogen-bond donors (Lipinski definition) is 1. The van der Waals surface area contributed by atoms with E-state index in [4.69, 9.17) is 0 Å². The Kier molecular flexibility index (Phi) is 3.10. The second-order valence-corrected chi connectivity index (χ2v) is 4.24. The van der Waals surface area contributed by atoms with Gasteiger partial charge >= 0.3 is 0 Å². The number of likely N-dealkylation sites (N-methyl/N-ethyl adjacent to an activating group) is 1. The van der Waals surface area contributed by atoms with Crippen molar-refractivity contribution in [2.75, 3.05) is 7.05 Å². The maximum atomic E-state index is 3.32. The van der Waals surface area contributed by atoms with Crippen LogP contribution in [0.3, 0.4) is 0 Å². The van der Waals surface area contributed by atoms with Crippen molar-refractivity contribution in [3.05, 3.63) is 35.4 Å². The highest BCUT2D eigenvalue weighted by Gasteiger charge is 2.15. The van der Waals surface area contributed by atoms with Gasteiger partial charge in [0.25, 0.3) is 0 Å². The topological polar surface area (TPSA) is 12.0 Å². The minimum Gasteiger partial charge on any atom is -0.314 e. The Morgan fingerprint density at radius 1 is 1.23 bits per heavy atom. The normalized spacial score (nSPS) is 11.7. The van der Waals surface area contributed by atoms with Gasteiger partial charge < -0.3 is 5.32 Å². The summed E-state index contributed by atoms with van der Waals surface area (Å²) in [5.41, 5.74) is 3.00. The second-order valence-electron chi connectivity index (χ2n) is 4.24. The van der Waals surface area contributed by atoms with Gasteiger partial charge in [-0.3, -0.25) is 0 Å². The molecule has 0 atom stereocenters. The van der Waals surface area contributed by atoms with Crippen molar-refractivity contribution < 1.29 is 0 Å². The van der Waals surface area contributed by atoms with E-state index in [1.807, 2.05) is 7.05 Å². The quantitative estimate of drug-likeness (QED) is 0.748. The summed E-state index contributed by atoms with van der Waals surface area (Å²) in [7, 11) is 2.01. The van der Waals surface area contributed by atoms with Crippen LogP contribution in [-0.4, -0.2) is 12.6 Å². The van der Waals surface area contributed by atoms with Crippen molar-refractivity contribution in [2.45, 2.75) is 32.7 Å². The lowest BCUT2D eigenvalue weighted by atomic mass is 9.93. The monoisotopic (exact) mass is 177 g/mol. The number of aryl methyl sites for hydroxylation is 1. The molecule has 1 nitrogen and oxygen atoms in total. The molecule has 0 aliphatic carbocycles. The number of nitrogens with one attached hydrogen (secondary N) is 1. The van der Waals surface area contributed by atoms with E-state index in [0.29, 0.717) is 0 Å². The fourth-order valence-electron chi connectivity index (χ4n) is 1.37. The van der Waals surface area contributed by atoms with E-state index in [0.717, 1.165) is 6.42 Å². The van der Waals surface area contributed by atoms with E-state index < -0.39 is 0 Å². The summed E-state index contributed by atoms with van der Waals surface area (Å²) in [6.07, 6.45) is 1.08. The summed E-state index contributed by atoms with van der Waals surface area (Å²) in [4.78, 5) is 0. The van der Waals surface area contributed by atoms with Crippen LogP contribution in [0.4, 0.5) is 0 Å². The Balaban J connectivity index is 2.80. The zero-order valence-corrected chi connectivity index (χ0v) is 9.02.